The Bertz CT molecular complexity index is 521. The summed E-state index contributed by atoms with van der Waals surface area (Å²) in [4.78, 5) is 5.41. The lowest BCUT2D eigenvalue weighted by Crippen LogP contribution is -2.12. The van der Waals surface area contributed by atoms with Crippen molar-refractivity contribution >= 4 is 11.8 Å². The maximum atomic E-state index is 4.22. The van der Waals surface area contributed by atoms with Crippen LogP contribution in [0.25, 0.3) is 0 Å². The molecule has 1 heterocycles. The average molecular weight is 262 g/mol. The number of nitrogens with one attached hydrogen (secondary N) is 1. The van der Waals surface area contributed by atoms with Gasteiger partial charge in [0, 0.05) is 18.5 Å². The molecular formula is C13H18N4S. The molecule has 5 heteroatoms. The fourth-order valence-corrected chi connectivity index (χ4v) is 2.54. The molecule has 2 aromatic rings. The van der Waals surface area contributed by atoms with E-state index in [0.29, 0.717) is 0 Å². The highest BCUT2D eigenvalue weighted by molar-refractivity contribution is 7.99. The normalized spacial score (nSPS) is 10.8. The van der Waals surface area contributed by atoms with Gasteiger partial charge in [0.2, 0.25) is 0 Å². The largest absolute Gasteiger partial charge is 0.313 e. The van der Waals surface area contributed by atoms with E-state index in [2.05, 4.69) is 47.4 Å². The highest BCUT2D eigenvalue weighted by atomic mass is 32.2. The van der Waals surface area contributed by atoms with Crippen LogP contribution in [0, 0.1) is 6.92 Å². The molecule has 1 aromatic heterocycles. The number of hydrogen-bond donors (Lipinski definition) is 1. The summed E-state index contributed by atoms with van der Waals surface area (Å²) in [6, 6.07) is 6.52. The van der Waals surface area contributed by atoms with Crippen LogP contribution in [-0.4, -0.2) is 21.3 Å². The van der Waals surface area contributed by atoms with Gasteiger partial charge in [-0.15, -0.1) is 0 Å². The molecule has 4 nitrogen and oxygen atoms in total. The molecular weight excluding hydrogens is 244 g/mol. The van der Waals surface area contributed by atoms with E-state index in [1.807, 2.05) is 7.05 Å². The van der Waals surface area contributed by atoms with Crippen LogP contribution in [0.4, 0.5) is 0 Å². The number of aromatic nitrogens is 3. The second kappa shape index (κ2) is 6.02. The van der Waals surface area contributed by atoms with Gasteiger partial charge in [0.1, 0.15) is 6.33 Å². The summed E-state index contributed by atoms with van der Waals surface area (Å²) >= 11 is 1.64. The third kappa shape index (κ3) is 3.11. The predicted molar refractivity (Wildman–Crippen MR) is 73.7 cm³/mol. The summed E-state index contributed by atoms with van der Waals surface area (Å²) in [5, 5.41) is 8.33. The van der Waals surface area contributed by atoms with E-state index >= 15 is 0 Å². The SMILES string of the molecule is CCNCc1ccc(Sc2ncnn2C)cc1C. The van der Waals surface area contributed by atoms with Crippen molar-refractivity contribution in [3.63, 3.8) is 0 Å². The van der Waals surface area contributed by atoms with Crippen LogP contribution in [0.5, 0.6) is 0 Å². The number of nitrogens with zero attached hydrogens (tertiary/aromatic N) is 3. The van der Waals surface area contributed by atoms with Crippen molar-refractivity contribution in [1.29, 1.82) is 0 Å². The van der Waals surface area contributed by atoms with E-state index in [1.54, 1.807) is 22.8 Å². The van der Waals surface area contributed by atoms with Gasteiger partial charge in [-0.2, -0.15) is 5.10 Å². The number of benzene rings is 1. The van der Waals surface area contributed by atoms with E-state index in [-0.39, 0.29) is 0 Å². The monoisotopic (exact) mass is 262 g/mol. The van der Waals surface area contributed by atoms with E-state index in [4.69, 9.17) is 0 Å². The molecule has 0 spiro atoms. The van der Waals surface area contributed by atoms with Gasteiger partial charge in [-0.25, -0.2) is 9.67 Å². The van der Waals surface area contributed by atoms with E-state index in [1.165, 1.54) is 16.0 Å². The Morgan fingerprint density at radius 1 is 1.39 bits per heavy atom. The van der Waals surface area contributed by atoms with Crippen LogP contribution >= 0.6 is 11.8 Å². The van der Waals surface area contributed by atoms with E-state index < -0.39 is 0 Å². The molecule has 1 aromatic carbocycles. The van der Waals surface area contributed by atoms with Crippen molar-refractivity contribution in [2.75, 3.05) is 6.54 Å². The lowest BCUT2D eigenvalue weighted by Gasteiger charge is -2.08. The fourth-order valence-electron chi connectivity index (χ4n) is 1.67. The Morgan fingerprint density at radius 3 is 2.83 bits per heavy atom. The molecule has 0 fully saturated rings. The highest BCUT2D eigenvalue weighted by Gasteiger charge is 2.05. The lowest BCUT2D eigenvalue weighted by molar-refractivity contribution is 0.685. The van der Waals surface area contributed by atoms with Gasteiger partial charge < -0.3 is 5.32 Å². The Balaban J connectivity index is 2.11. The fraction of sp³-hybridized carbons (Fsp3) is 0.385. The topological polar surface area (TPSA) is 42.7 Å². The Kier molecular flexibility index (Phi) is 4.38. The smallest absolute Gasteiger partial charge is 0.190 e. The summed E-state index contributed by atoms with van der Waals surface area (Å²) in [6.45, 7) is 6.19. The van der Waals surface area contributed by atoms with Crippen molar-refractivity contribution in [2.45, 2.75) is 30.4 Å². The van der Waals surface area contributed by atoms with Crippen molar-refractivity contribution in [3.8, 4) is 0 Å². The van der Waals surface area contributed by atoms with E-state index in [9.17, 15) is 0 Å². The highest BCUT2D eigenvalue weighted by Crippen LogP contribution is 2.26. The molecule has 1 N–H and O–H groups in total. The summed E-state index contributed by atoms with van der Waals surface area (Å²) in [7, 11) is 1.90. The van der Waals surface area contributed by atoms with Gasteiger partial charge >= 0.3 is 0 Å². The molecule has 0 bridgehead atoms. The summed E-state index contributed by atoms with van der Waals surface area (Å²) in [5.41, 5.74) is 2.65. The van der Waals surface area contributed by atoms with Crippen LogP contribution in [0.3, 0.4) is 0 Å². The predicted octanol–water partition coefficient (Wildman–Crippen LogP) is 2.38. The average Bonchev–Trinajstić information content (AvgIpc) is 2.74. The summed E-state index contributed by atoms with van der Waals surface area (Å²) in [5.74, 6) is 0. The minimum absolute atomic E-state index is 0.911. The molecule has 96 valence electrons. The van der Waals surface area contributed by atoms with Crippen LogP contribution < -0.4 is 5.32 Å². The Hall–Kier alpha value is -1.33. The van der Waals surface area contributed by atoms with Crippen LogP contribution in [0.15, 0.2) is 34.6 Å². The maximum Gasteiger partial charge on any atom is 0.190 e. The molecule has 0 saturated carbocycles. The first kappa shape index (κ1) is 13.1. The summed E-state index contributed by atoms with van der Waals surface area (Å²) in [6.07, 6.45) is 1.58. The van der Waals surface area contributed by atoms with Crippen LogP contribution in [0.2, 0.25) is 0 Å². The minimum atomic E-state index is 0.911. The quantitative estimate of drug-likeness (QED) is 0.898. The maximum absolute atomic E-state index is 4.22. The molecule has 0 amide bonds. The Morgan fingerprint density at radius 2 is 2.22 bits per heavy atom. The van der Waals surface area contributed by atoms with Gasteiger partial charge in [-0.05, 0) is 36.7 Å². The zero-order chi connectivity index (χ0) is 13.0. The van der Waals surface area contributed by atoms with Gasteiger partial charge in [0.05, 0.1) is 0 Å². The summed E-state index contributed by atoms with van der Waals surface area (Å²) < 4.78 is 1.78. The van der Waals surface area contributed by atoms with Gasteiger partial charge in [-0.1, -0.05) is 24.8 Å². The molecule has 0 aliphatic heterocycles. The molecule has 18 heavy (non-hydrogen) atoms. The second-order valence-electron chi connectivity index (χ2n) is 4.14. The first-order valence-corrected chi connectivity index (χ1v) is 6.84. The third-order valence-corrected chi connectivity index (χ3v) is 3.80. The van der Waals surface area contributed by atoms with Crippen molar-refractivity contribution < 1.29 is 0 Å². The standard InChI is InChI=1S/C13H18N4S/c1-4-14-8-11-5-6-12(7-10(11)2)18-13-15-9-16-17(13)3/h5-7,9,14H,4,8H2,1-3H3. The number of rotatable bonds is 5. The van der Waals surface area contributed by atoms with E-state index in [0.717, 1.165) is 18.2 Å². The molecule has 0 aliphatic carbocycles. The van der Waals surface area contributed by atoms with Crippen molar-refractivity contribution in [3.05, 3.63) is 35.7 Å². The Labute approximate surface area is 112 Å². The first-order chi connectivity index (χ1) is 8.70. The minimum Gasteiger partial charge on any atom is -0.313 e. The number of aryl methyl sites for hydroxylation is 2. The first-order valence-electron chi connectivity index (χ1n) is 6.02. The van der Waals surface area contributed by atoms with Crippen molar-refractivity contribution in [1.82, 2.24) is 20.1 Å². The molecule has 0 radical (unpaired) electrons. The third-order valence-electron chi connectivity index (χ3n) is 2.76. The molecule has 0 unspecified atom stereocenters. The van der Waals surface area contributed by atoms with Gasteiger partial charge in [0.15, 0.2) is 5.16 Å². The van der Waals surface area contributed by atoms with Gasteiger partial charge in [-0.3, -0.25) is 0 Å². The number of hydrogen-bond acceptors (Lipinski definition) is 4. The second-order valence-corrected chi connectivity index (χ2v) is 5.18. The van der Waals surface area contributed by atoms with Crippen molar-refractivity contribution in [2.24, 2.45) is 7.05 Å². The molecule has 2 rings (SSSR count). The molecule has 0 aliphatic rings. The zero-order valence-electron chi connectivity index (χ0n) is 11.0. The van der Waals surface area contributed by atoms with Crippen LogP contribution in [-0.2, 0) is 13.6 Å². The molecule has 0 atom stereocenters. The van der Waals surface area contributed by atoms with Crippen LogP contribution in [0.1, 0.15) is 18.1 Å². The lowest BCUT2D eigenvalue weighted by atomic mass is 10.1. The molecule has 0 saturated heterocycles. The zero-order valence-corrected chi connectivity index (χ0v) is 11.8. The van der Waals surface area contributed by atoms with Gasteiger partial charge in [0.25, 0.3) is 0 Å².